The molecule has 3 nitrogen and oxygen atoms in total. The molecule has 0 spiro atoms. The number of alkyl halides is 6. The second kappa shape index (κ2) is 8.55. The first-order chi connectivity index (χ1) is 14.0. The molecule has 30 heavy (non-hydrogen) atoms. The lowest BCUT2D eigenvalue weighted by Gasteiger charge is -2.38. The third-order valence-electron chi connectivity index (χ3n) is 5.44. The molecule has 164 valence electrons. The molecule has 1 aromatic carbocycles. The smallest absolute Gasteiger partial charge is 0.371 e. The normalized spacial score (nSPS) is 18.2. The van der Waals surface area contributed by atoms with Gasteiger partial charge in [-0.15, -0.1) is 0 Å². The topological polar surface area (TPSA) is 34.1 Å². The van der Waals surface area contributed by atoms with Gasteiger partial charge in [0.15, 0.2) is 0 Å². The monoisotopic (exact) mass is 432 g/mol. The van der Waals surface area contributed by atoms with E-state index in [1.54, 1.807) is 0 Å². The summed E-state index contributed by atoms with van der Waals surface area (Å²) in [6, 6.07) is 10.2. The molecule has 0 bridgehead atoms. The van der Waals surface area contributed by atoms with E-state index in [4.69, 9.17) is 4.74 Å². The molecular formula is C21H22F6N2O. The summed E-state index contributed by atoms with van der Waals surface area (Å²) in [6.07, 6.45) is -9.46. The van der Waals surface area contributed by atoms with Gasteiger partial charge in [-0.3, -0.25) is 0 Å². The van der Waals surface area contributed by atoms with Gasteiger partial charge in [-0.1, -0.05) is 30.3 Å². The molecule has 2 aromatic rings. The van der Waals surface area contributed by atoms with Crippen molar-refractivity contribution in [3.05, 3.63) is 65.0 Å². The minimum absolute atomic E-state index is 0.0223. The molecule has 1 aliphatic rings. The molecule has 1 atom stereocenters. The standard InChI is InChI=1S/C21H22F6N2O/c1-14(17-11-16(20(22,23)24)12-18(29-17)21(25,26)27)30-13-19(7-9-28-10-8-19)15-5-3-2-4-6-15/h2-6,11-12,14,28H,7-10,13H2,1H3. The Morgan fingerprint density at radius 2 is 1.63 bits per heavy atom. The van der Waals surface area contributed by atoms with E-state index < -0.39 is 35.4 Å². The Morgan fingerprint density at radius 1 is 1.00 bits per heavy atom. The quantitative estimate of drug-likeness (QED) is 0.632. The zero-order valence-corrected chi connectivity index (χ0v) is 16.3. The van der Waals surface area contributed by atoms with Gasteiger partial charge in [-0.25, -0.2) is 4.98 Å². The fraction of sp³-hybridized carbons (Fsp3) is 0.476. The van der Waals surface area contributed by atoms with Crippen molar-refractivity contribution in [3.8, 4) is 0 Å². The maximum Gasteiger partial charge on any atom is 0.433 e. The Morgan fingerprint density at radius 3 is 2.20 bits per heavy atom. The third kappa shape index (κ3) is 5.13. The van der Waals surface area contributed by atoms with Crippen molar-refractivity contribution < 1.29 is 31.1 Å². The molecule has 1 N–H and O–H groups in total. The van der Waals surface area contributed by atoms with Crippen LogP contribution in [0.5, 0.6) is 0 Å². The van der Waals surface area contributed by atoms with Crippen LogP contribution in [0.25, 0.3) is 0 Å². The van der Waals surface area contributed by atoms with Gasteiger partial charge in [0.25, 0.3) is 0 Å². The number of halogens is 6. The van der Waals surface area contributed by atoms with E-state index >= 15 is 0 Å². The van der Waals surface area contributed by atoms with Gasteiger partial charge in [0, 0.05) is 5.41 Å². The number of pyridine rings is 1. The predicted octanol–water partition coefficient (Wildman–Crippen LogP) is 5.52. The second-order valence-corrected chi connectivity index (χ2v) is 7.51. The molecular weight excluding hydrogens is 410 g/mol. The highest BCUT2D eigenvalue weighted by atomic mass is 19.4. The summed E-state index contributed by atoms with van der Waals surface area (Å²) in [7, 11) is 0. The zero-order chi connectivity index (χ0) is 22.0. The molecule has 1 aromatic heterocycles. The van der Waals surface area contributed by atoms with Crippen LogP contribution in [-0.4, -0.2) is 24.7 Å². The van der Waals surface area contributed by atoms with Gasteiger partial charge in [-0.05, 0) is 50.6 Å². The van der Waals surface area contributed by atoms with E-state index in [2.05, 4.69) is 10.3 Å². The van der Waals surface area contributed by atoms with Gasteiger partial charge < -0.3 is 10.1 Å². The summed E-state index contributed by atoms with van der Waals surface area (Å²) < 4.78 is 84.4. The van der Waals surface area contributed by atoms with Crippen LogP contribution in [-0.2, 0) is 22.5 Å². The lowest BCUT2D eigenvalue weighted by molar-refractivity contribution is -0.146. The minimum Gasteiger partial charge on any atom is -0.371 e. The number of hydrogen-bond donors (Lipinski definition) is 1. The lowest BCUT2D eigenvalue weighted by atomic mass is 9.74. The Hall–Kier alpha value is -2.13. The highest BCUT2D eigenvalue weighted by Gasteiger charge is 2.39. The maximum absolute atomic E-state index is 13.1. The van der Waals surface area contributed by atoms with E-state index in [-0.39, 0.29) is 18.1 Å². The molecule has 1 fully saturated rings. The van der Waals surface area contributed by atoms with E-state index in [1.165, 1.54) is 6.92 Å². The summed E-state index contributed by atoms with van der Waals surface area (Å²) in [5.74, 6) is 0. The van der Waals surface area contributed by atoms with Crippen molar-refractivity contribution >= 4 is 0 Å². The van der Waals surface area contributed by atoms with Crippen molar-refractivity contribution in [3.63, 3.8) is 0 Å². The van der Waals surface area contributed by atoms with Crippen LogP contribution in [0.15, 0.2) is 42.5 Å². The average molecular weight is 432 g/mol. The van der Waals surface area contributed by atoms with E-state index in [9.17, 15) is 26.3 Å². The fourth-order valence-corrected chi connectivity index (χ4v) is 3.65. The third-order valence-corrected chi connectivity index (χ3v) is 5.44. The molecule has 1 saturated heterocycles. The number of hydrogen-bond acceptors (Lipinski definition) is 3. The summed E-state index contributed by atoms with van der Waals surface area (Å²) in [5.41, 5.74) is -2.70. The van der Waals surface area contributed by atoms with E-state index in [1.807, 2.05) is 30.3 Å². The molecule has 0 amide bonds. The molecule has 1 aliphatic heterocycles. The Kier molecular flexibility index (Phi) is 6.43. The number of benzene rings is 1. The SMILES string of the molecule is CC(OCC1(c2ccccc2)CCNCC1)c1cc(C(F)(F)F)cc(C(F)(F)F)n1. The molecule has 0 radical (unpaired) electrons. The zero-order valence-electron chi connectivity index (χ0n) is 16.3. The summed E-state index contributed by atoms with van der Waals surface area (Å²) in [4.78, 5) is 3.41. The van der Waals surface area contributed by atoms with E-state index in [0.717, 1.165) is 31.5 Å². The Balaban J connectivity index is 1.86. The highest BCUT2D eigenvalue weighted by molar-refractivity contribution is 5.28. The Bertz CT molecular complexity index is 813. The first kappa shape index (κ1) is 22.6. The van der Waals surface area contributed by atoms with Crippen LogP contribution >= 0.6 is 0 Å². The van der Waals surface area contributed by atoms with Crippen LogP contribution in [0.2, 0.25) is 0 Å². The molecule has 0 saturated carbocycles. The van der Waals surface area contributed by atoms with Crippen LogP contribution < -0.4 is 5.32 Å². The first-order valence-electron chi connectivity index (χ1n) is 9.55. The van der Waals surface area contributed by atoms with Gasteiger partial charge in [0.1, 0.15) is 5.69 Å². The van der Waals surface area contributed by atoms with Crippen LogP contribution in [0, 0.1) is 0 Å². The average Bonchev–Trinajstić information content (AvgIpc) is 2.72. The summed E-state index contributed by atoms with van der Waals surface area (Å²) in [6.45, 7) is 3.07. The van der Waals surface area contributed by atoms with Crippen LogP contribution in [0.1, 0.15) is 48.4 Å². The van der Waals surface area contributed by atoms with Crippen molar-refractivity contribution in [2.75, 3.05) is 19.7 Å². The molecule has 3 rings (SSSR count). The van der Waals surface area contributed by atoms with Crippen molar-refractivity contribution in [1.82, 2.24) is 10.3 Å². The maximum atomic E-state index is 13.1. The number of piperidine rings is 1. The van der Waals surface area contributed by atoms with Gasteiger partial charge in [0.05, 0.1) is 24.0 Å². The van der Waals surface area contributed by atoms with Gasteiger partial charge in [-0.2, -0.15) is 26.3 Å². The minimum atomic E-state index is -4.99. The molecule has 9 heteroatoms. The first-order valence-corrected chi connectivity index (χ1v) is 9.55. The number of rotatable bonds is 5. The van der Waals surface area contributed by atoms with Crippen molar-refractivity contribution in [2.45, 2.75) is 43.6 Å². The van der Waals surface area contributed by atoms with Gasteiger partial charge >= 0.3 is 12.4 Å². The van der Waals surface area contributed by atoms with Crippen LogP contribution in [0.3, 0.4) is 0 Å². The Labute approximate surface area is 170 Å². The van der Waals surface area contributed by atoms with Gasteiger partial charge in [0.2, 0.25) is 0 Å². The predicted molar refractivity (Wildman–Crippen MR) is 98.8 cm³/mol. The molecule has 2 heterocycles. The highest BCUT2D eigenvalue weighted by Crippen LogP contribution is 2.38. The number of aromatic nitrogens is 1. The summed E-state index contributed by atoms with van der Waals surface area (Å²) >= 11 is 0. The number of ether oxygens (including phenoxy) is 1. The fourth-order valence-electron chi connectivity index (χ4n) is 3.65. The molecule has 0 aliphatic carbocycles. The molecule has 1 unspecified atom stereocenters. The lowest BCUT2D eigenvalue weighted by Crippen LogP contribution is -2.43. The summed E-state index contributed by atoms with van der Waals surface area (Å²) in [5, 5.41) is 3.26. The number of nitrogens with zero attached hydrogens (tertiary/aromatic N) is 1. The number of nitrogens with one attached hydrogen (secondary N) is 1. The van der Waals surface area contributed by atoms with Crippen LogP contribution in [0.4, 0.5) is 26.3 Å². The largest absolute Gasteiger partial charge is 0.433 e. The van der Waals surface area contributed by atoms with Crippen molar-refractivity contribution in [2.24, 2.45) is 0 Å². The van der Waals surface area contributed by atoms with Crippen molar-refractivity contribution in [1.29, 1.82) is 0 Å². The van der Waals surface area contributed by atoms with E-state index in [0.29, 0.717) is 6.07 Å². The second-order valence-electron chi connectivity index (χ2n) is 7.51.